The van der Waals surface area contributed by atoms with E-state index in [0.29, 0.717) is 6.54 Å². The Morgan fingerprint density at radius 3 is 2.67 bits per heavy atom. The smallest absolute Gasteiger partial charge is 0.0959 e. The van der Waals surface area contributed by atoms with E-state index in [0.717, 1.165) is 11.0 Å². The molecule has 80 valence electrons. The third-order valence-corrected chi connectivity index (χ3v) is 2.70. The zero-order valence-electron chi connectivity index (χ0n) is 9.36. The second kappa shape index (κ2) is 3.66. The molecule has 0 amide bonds. The summed E-state index contributed by atoms with van der Waals surface area (Å²) in [4.78, 5) is 4.33. The molecule has 0 radical (unpaired) electrons. The van der Waals surface area contributed by atoms with E-state index in [-0.39, 0.29) is 6.10 Å². The molecule has 1 aromatic carbocycles. The topological polar surface area (TPSA) is 38.0 Å². The van der Waals surface area contributed by atoms with Gasteiger partial charge in [0.05, 0.1) is 23.5 Å². The molecular formula is C12H16N2O. The average molecular weight is 204 g/mol. The monoisotopic (exact) mass is 204 g/mol. The predicted octanol–water partition coefficient (Wildman–Crippen LogP) is 2.03. The number of aromatic nitrogens is 2. The number of rotatable bonds is 2. The summed E-state index contributed by atoms with van der Waals surface area (Å²) in [6.07, 6.45) is 1.44. The Hall–Kier alpha value is -1.35. The Balaban J connectivity index is 2.54. The van der Waals surface area contributed by atoms with Gasteiger partial charge in [0.2, 0.25) is 0 Å². The highest BCUT2D eigenvalue weighted by Gasteiger charge is 2.06. The Morgan fingerprint density at radius 1 is 1.33 bits per heavy atom. The van der Waals surface area contributed by atoms with Crippen molar-refractivity contribution in [3.8, 4) is 0 Å². The van der Waals surface area contributed by atoms with E-state index < -0.39 is 0 Å². The van der Waals surface area contributed by atoms with Crippen molar-refractivity contribution in [3.63, 3.8) is 0 Å². The molecule has 1 N–H and O–H groups in total. The highest BCUT2D eigenvalue weighted by molar-refractivity contribution is 5.77. The van der Waals surface area contributed by atoms with Gasteiger partial charge in [-0.1, -0.05) is 0 Å². The first kappa shape index (κ1) is 10.2. The average Bonchev–Trinajstić information content (AvgIpc) is 2.49. The van der Waals surface area contributed by atoms with Gasteiger partial charge in [0.25, 0.3) is 0 Å². The summed E-state index contributed by atoms with van der Waals surface area (Å²) >= 11 is 0. The lowest BCUT2D eigenvalue weighted by Crippen LogP contribution is -2.10. The molecule has 2 aromatic rings. The summed E-state index contributed by atoms with van der Waals surface area (Å²) in [7, 11) is 0. The highest BCUT2D eigenvalue weighted by Crippen LogP contribution is 2.18. The van der Waals surface area contributed by atoms with Crippen molar-refractivity contribution >= 4 is 11.0 Å². The van der Waals surface area contributed by atoms with E-state index >= 15 is 0 Å². The molecule has 15 heavy (non-hydrogen) atoms. The number of nitrogens with zero attached hydrogens (tertiary/aromatic N) is 2. The molecule has 3 nitrogen and oxygen atoms in total. The fourth-order valence-electron chi connectivity index (χ4n) is 1.74. The second-order valence-corrected chi connectivity index (χ2v) is 4.17. The van der Waals surface area contributed by atoms with Gasteiger partial charge in [-0.25, -0.2) is 4.98 Å². The van der Waals surface area contributed by atoms with Gasteiger partial charge in [-0.3, -0.25) is 0 Å². The maximum atomic E-state index is 9.36. The fourth-order valence-corrected chi connectivity index (χ4v) is 1.74. The van der Waals surface area contributed by atoms with E-state index in [2.05, 4.69) is 31.0 Å². The number of hydrogen-bond donors (Lipinski definition) is 1. The normalized spacial score (nSPS) is 13.3. The largest absolute Gasteiger partial charge is 0.392 e. The van der Waals surface area contributed by atoms with Crippen molar-refractivity contribution < 1.29 is 5.11 Å². The number of fused-ring (bicyclic) bond motifs is 1. The maximum absolute atomic E-state index is 9.36. The first-order valence-corrected chi connectivity index (χ1v) is 5.18. The van der Waals surface area contributed by atoms with E-state index in [4.69, 9.17) is 0 Å². The van der Waals surface area contributed by atoms with Crippen molar-refractivity contribution in [1.29, 1.82) is 0 Å². The van der Waals surface area contributed by atoms with Gasteiger partial charge in [0.1, 0.15) is 0 Å². The summed E-state index contributed by atoms with van der Waals surface area (Å²) in [6, 6.07) is 4.21. The van der Waals surface area contributed by atoms with Gasteiger partial charge in [0, 0.05) is 6.54 Å². The molecule has 0 aliphatic rings. The molecule has 0 saturated carbocycles. The number of aliphatic hydroxyl groups is 1. The molecule has 0 spiro atoms. The van der Waals surface area contributed by atoms with Gasteiger partial charge >= 0.3 is 0 Å². The molecular weight excluding hydrogens is 188 g/mol. The summed E-state index contributed by atoms with van der Waals surface area (Å²) in [5, 5.41) is 9.36. The molecule has 0 fully saturated rings. The van der Waals surface area contributed by atoms with Crippen molar-refractivity contribution in [3.05, 3.63) is 29.6 Å². The zero-order valence-corrected chi connectivity index (χ0v) is 9.36. The summed E-state index contributed by atoms with van der Waals surface area (Å²) in [5.74, 6) is 0. The Bertz CT molecular complexity index is 486. The van der Waals surface area contributed by atoms with Crippen LogP contribution in [0.15, 0.2) is 18.5 Å². The van der Waals surface area contributed by atoms with Crippen LogP contribution in [0.4, 0.5) is 0 Å². The number of benzene rings is 1. The van der Waals surface area contributed by atoms with Gasteiger partial charge in [0.15, 0.2) is 0 Å². The van der Waals surface area contributed by atoms with Crippen LogP contribution in [0, 0.1) is 13.8 Å². The molecule has 3 heteroatoms. The minimum Gasteiger partial charge on any atom is -0.392 e. The molecule has 0 aliphatic heterocycles. The lowest BCUT2D eigenvalue weighted by atomic mass is 10.1. The van der Waals surface area contributed by atoms with Gasteiger partial charge < -0.3 is 9.67 Å². The maximum Gasteiger partial charge on any atom is 0.0959 e. The van der Waals surface area contributed by atoms with E-state index in [1.54, 1.807) is 13.3 Å². The van der Waals surface area contributed by atoms with Gasteiger partial charge in [-0.15, -0.1) is 0 Å². The van der Waals surface area contributed by atoms with Crippen molar-refractivity contribution in [2.75, 3.05) is 0 Å². The fraction of sp³-hybridized carbons (Fsp3) is 0.417. The van der Waals surface area contributed by atoms with E-state index in [1.807, 2.05) is 4.57 Å². The Labute approximate surface area is 89.4 Å². The van der Waals surface area contributed by atoms with Crippen LogP contribution in [-0.2, 0) is 6.54 Å². The summed E-state index contributed by atoms with van der Waals surface area (Å²) in [6.45, 7) is 6.56. The first-order valence-electron chi connectivity index (χ1n) is 5.18. The zero-order chi connectivity index (χ0) is 11.0. The molecule has 1 heterocycles. The van der Waals surface area contributed by atoms with Crippen LogP contribution >= 0.6 is 0 Å². The van der Waals surface area contributed by atoms with Crippen LogP contribution in [0.3, 0.4) is 0 Å². The van der Waals surface area contributed by atoms with Crippen molar-refractivity contribution in [2.45, 2.75) is 33.4 Å². The van der Waals surface area contributed by atoms with Crippen LogP contribution in [0.2, 0.25) is 0 Å². The molecule has 1 atom stereocenters. The molecule has 0 bridgehead atoms. The van der Waals surface area contributed by atoms with Crippen LogP contribution in [0.25, 0.3) is 11.0 Å². The quantitative estimate of drug-likeness (QED) is 0.812. The van der Waals surface area contributed by atoms with Gasteiger partial charge in [-0.05, 0) is 44.0 Å². The SMILES string of the molecule is Cc1cc2ncn(C[C@@H](C)O)c2cc1C. The Kier molecular flexibility index (Phi) is 2.49. The number of hydrogen-bond acceptors (Lipinski definition) is 2. The number of aryl methyl sites for hydroxylation is 2. The third kappa shape index (κ3) is 1.88. The van der Waals surface area contributed by atoms with Crippen molar-refractivity contribution in [1.82, 2.24) is 9.55 Å². The van der Waals surface area contributed by atoms with Crippen LogP contribution < -0.4 is 0 Å². The summed E-state index contributed by atoms with van der Waals surface area (Å²) in [5.41, 5.74) is 4.61. The van der Waals surface area contributed by atoms with E-state index in [1.165, 1.54) is 11.1 Å². The van der Waals surface area contributed by atoms with E-state index in [9.17, 15) is 5.11 Å². The third-order valence-electron chi connectivity index (χ3n) is 2.70. The first-order chi connectivity index (χ1) is 7.08. The van der Waals surface area contributed by atoms with Crippen LogP contribution in [0.5, 0.6) is 0 Å². The molecule has 0 aliphatic carbocycles. The van der Waals surface area contributed by atoms with Gasteiger partial charge in [-0.2, -0.15) is 0 Å². The van der Waals surface area contributed by atoms with Crippen LogP contribution in [0.1, 0.15) is 18.1 Å². The lowest BCUT2D eigenvalue weighted by Gasteiger charge is -2.07. The lowest BCUT2D eigenvalue weighted by molar-refractivity contribution is 0.175. The predicted molar refractivity (Wildman–Crippen MR) is 60.9 cm³/mol. The highest BCUT2D eigenvalue weighted by atomic mass is 16.3. The molecule has 1 aromatic heterocycles. The number of aliphatic hydroxyl groups excluding tert-OH is 1. The van der Waals surface area contributed by atoms with Crippen molar-refractivity contribution in [2.24, 2.45) is 0 Å². The molecule has 0 unspecified atom stereocenters. The minimum absolute atomic E-state index is 0.344. The minimum atomic E-state index is -0.344. The summed E-state index contributed by atoms with van der Waals surface area (Å²) < 4.78 is 1.99. The number of imidazole rings is 1. The van der Waals surface area contributed by atoms with Crippen LogP contribution in [-0.4, -0.2) is 20.8 Å². The second-order valence-electron chi connectivity index (χ2n) is 4.17. The Morgan fingerprint density at radius 2 is 2.00 bits per heavy atom. The molecule has 0 saturated heterocycles. The molecule has 2 rings (SSSR count). The standard InChI is InChI=1S/C12H16N2O/c1-8-4-11-12(5-9(8)2)14(7-13-11)6-10(3)15/h4-5,7,10,15H,6H2,1-3H3/t10-/m1/s1.